The third-order valence-corrected chi connectivity index (χ3v) is 5.21. The van der Waals surface area contributed by atoms with E-state index in [2.05, 4.69) is 15.9 Å². The molecule has 1 radical (unpaired) electrons. The van der Waals surface area contributed by atoms with Crippen LogP contribution in [0.2, 0.25) is 0 Å². The van der Waals surface area contributed by atoms with Gasteiger partial charge in [0, 0.05) is 28.1 Å². The molecule has 27 heavy (non-hydrogen) atoms. The second-order valence-corrected chi connectivity index (χ2v) is 7.40. The van der Waals surface area contributed by atoms with Gasteiger partial charge in [0.05, 0.1) is 0 Å². The van der Waals surface area contributed by atoms with Gasteiger partial charge in [0.25, 0.3) is 0 Å². The summed E-state index contributed by atoms with van der Waals surface area (Å²) >= 11 is 3.50. The zero-order chi connectivity index (χ0) is 18.8. The fourth-order valence-electron chi connectivity index (χ4n) is 3.44. The smallest absolute Gasteiger partial charge is 0.221 e. The number of para-hydroxylation sites is 1. The number of hydrogen-bond donors (Lipinski definition) is 0. The van der Waals surface area contributed by atoms with Crippen LogP contribution in [-0.2, 0) is 11.2 Å². The van der Waals surface area contributed by atoms with Crippen LogP contribution < -0.4 is 0 Å². The predicted molar refractivity (Wildman–Crippen MR) is 110 cm³/mol. The SMILES string of the molecule is O=C1CCc2ccc(Br)cc2[C]1c1ccccc1/[N+]([O-])=C/c1ccccc1. The quantitative estimate of drug-likeness (QED) is 0.254. The summed E-state index contributed by atoms with van der Waals surface area (Å²) in [4.78, 5) is 12.8. The Morgan fingerprint density at radius 3 is 2.44 bits per heavy atom. The molecule has 3 aromatic rings. The normalized spacial score (nSPS) is 14.9. The highest BCUT2D eigenvalue weighted by Crippen LogP contribution is 2.38. The topological polar surface area (TPSA) is 43.1 Å². The molecule has 0 aliphatic heterocycles. The summed E-state index contributed by atoms with van der Waals surface area (Å²) in [6, 6.07) is 22.7. The Labute approximate surface area is 166 Å². The summed E-state index contributed by atoms with van der Waals surface area (Å²) < 4.78 is 1.76. The number of benzene rings is 3. The van der Waals surface area contributed by atoms with Gasteiger partial charge in [0.2, 0.25) is 5.69 Å². The van der Waals surface area contributed by atoms with Crippen LogP contribution >= 0.6 is 15.9 Å². The molecule has 0 saturated heterocycles. The van der Waals surface area contributed by atoms with E-state index in [4.69, 9.17) is 0 Å². The zero-order valence-electron chi connectivity index (χ0n) is 14.6. The fraction of sp³-hybridized carbons (Fsp3) is 0.0870. The van der Waals surface area contributed by atoms with E-state index in [-0.39, 0.29) is 5.78 Å². The highest BCUT2D eigenvalue weighted by Gasteiger charge is 2.33. The molecule has 0 saturated carbocycles. The van der Waals surface area contributed by atoms with Crippen molar-refractivity contribution in [1.29, 1.82) is 0 Å². The van der Waals surface area contributed by atoms with Crippen molar-refractivity contribution in [2.75, 3.05) is 0 Å². The molecule has 0 aromatic heterocycles. The van der Waals surface area contributed by atoms with Crippen LogP contribution in [0.3, 0.4) is 0 Å². The van der Waals surface area contributed by atoms with Gasteiger partial charge in [-0.3, -0.25) is 4.79 Å². The molecule has 4 heteroatoms. The Morgan fingerprint density at radius 1 is 0.889 bits per heavy atom. The van der Waals surface area contributed by atoms with E-state index in [1.54, 1.807) is 6.07 Å². The average Bonchev–Trinajstić information content (AvgIpc) is 2.68. The number of rotatable bonds is 3. The minimum Gasteiger partial charge on any atom is -0.618 e. The highest BCUT2D eigenvalue weighted by molar-refractivity contribution is 9.10. The zero-order valence-corrected chi connectivity index (χ0v) is 16.1. The maximum absolute atomic E-state index is 12.9. The predicted octanol–water partition coefficient (Wildman–Crippen LogP) is 5.20. The number of nitrogens with zero attached hydrogens (tertiary/aromatic N) is 1. The Balaban J connectivity index is 1.84. The first-order valence-corrected chi connectivity index (χ1v) is 9.57. The molecule has 0 bridgehead atoms. The number of fused-ring (bicyclic) bond motifs is 1. The molecule has 4 rings (SSSR count). The van der Waals surface area contributed by atoms with Gasteiger partial charge in [-0.25, -0.2) is 0 Å². The first-order valence-electron chi connectivity index (χ1n) is 8.78. The van der Waals surface area contributed by atoms with Gasteiger partial charge in [0.15, 0.2) is 6.21 Å². The molecule has 0 fully saturated rings. The lowest BCUT2D eigenvalue weighted by Crippen LogP contribution is -2.23. The monoisotopic (exact) mass is 418 g/mol. The van der Waals surface area contributed by atoms with E-state index in [1.807, 2.05) is 66.7 Å². The van der Waals surface area contributed by atoms with Gasteiger partial charge in [-0.15, -0.1) is 0 Å². The van der Waals surface area contributed by atoms with Crippen LogP contribution in [0.4, 0.5) is 5.69 Å². The summed E-state index contributed by atoms with van der Waals surface area (Å²) in [6.45, 7) is 0. The molecule has 3 nitrogen and oxygen atoms in total. The third kappa shape index (κ3) is 3.58. The molecule has 3 aromatic carbocycles. The Hall–Kier alpha value is -2.72. The largest absolute Gasteiger partial charge is 0.618 e. The van der Waals surface area contributed by atoms with E-state index in [1.165, 1.54) is 6.21 Å². The molecule has 0 heterocycles. The number of halogens is 1. The Morgan fingerprint density at radius 2 is 1.63 bits per heavy atom. The van der Waals surface area contributed by atoms with Crippen LogP contribution in [0.25, 0.3) is 0 Å². The minimum atomic E-state index is 0.0705. The third-order valence-electron chi connectivity index (χ3n) is 4.72. The second kappa shape index (κ2) is 7.49. The van der Waals surface area contributed by atoms with Gasteiger partial charge in [-0.05, 0) is 41.8 Å². The van der Waals surface area contributed by atoms with Crippen molar-refractivity contribution in [3.8, 4) is 0 Å². The molecule has 0 atom stereocenters. The van der Waals surface area contributed by atoms with Crippen molar-refractivity contribution in [1.82, 2.24) is 0 Å². The lowest BCUT2D eigenvalue weighted by atomic mass is 9.77. The van der Waals surface area contributed by atoms with Crippen LogP contribution in [-0.4, -0.2) is 16.7 Å². The minimum absolute atomic E-state index is 0.0705. The van der Waals surface area contributed by atoms with Crippen LogP contribution in [0.15, 0.2) is 77.3 Å². The van der Waals surface area contributed by atoms with Crippen LogP contribution in [0, 0.1) is 11.1 Å². The van der Waals surface area contributed by atoms with Gasteiger partial charge in [0.1, 0.15) is 11.7 Å². The van der Waals surface area contributed by atoms with Crippen molar-refractivity contribution >= 4 is 33.6 Å². The number of hydrogen-bond acceptors (Lipinski definition) is 2. The van der Waals surface area contributed by atoms with E-state index >= 15 is 0 Å². The molecule has 133 valence electrons. The fourth-order valence-corrected chi connectivity index (χ4v) is 3.80. The van der Waals surface area contributed by atoms with Gasteiger partial charge < -0.3 is 5.21 Å². The van der Waals surface area contributed by atoms with E-state index in [9.17, 15) is 10.0 Å². The van der Waals surface area contributed by atoms with Gasteiger partial charge in [-0.1, -0.05) is 58.4 Å². The van der Waals surface area contributed by atoms with Gasteiger partial charge >= 0.3 is 0 Å². The van der Waals surface area contributed by atoms with Crippen LogP contribution in [0.5, 0.6) is 0 Å². The molecule has 0 unspecified atom stereocenters. The van der Waals surface area contributed by atoms with E-state index in [0.29, 0.717) is 23.6 Å². The van der Waals surface area contributed by atoms with Crippen molar-refractivity contribution in [3.63, 3.8) is 0 Å². The van der Waals surface area contributed by atoms with Crippen molar-refractivity contribution in [2.24, 2.45) is 0 Å². The summed E-state index contributed by atoms with van der Waals surface area (Å²) in [7, 11) is 0. The number of carbonyl (C=O) groups is 1. The first-order chi connectivity index (χ1) is 13.1. The second-order valence-electron chi connectivity index (χ2n) is 6.48. The van der Waals surface area contributed by atoms with E-state index in [0.717, 1.165) is 32.3 Å². The van der Waals surface area contributed by atoms with E-state index < -0.39 is 0 Å². The van der Waals surface area contributed by atoms with Crippen molar-refractivity contribution in [3.05, 3.63) is 111 Å². The van der Waals surface area contributed by atoms with Crippen LogP contribution in [0.1, 0.15) is 28.7 Å². The molecule has 1 aliphatic carbocycles. The molecule has 0 N–H and O–H groups in total. The highest BCUT2D eigenvalue weighted by atomic mass is 79.9. The standard InChI is InChI=1S/C23H17BrNO2/c24-18-12-10-17-11-13-22(26)23(20(17)14-18)19-8-4-5-9-21(19)25(27)15-16-6-2-1-3-7-16/h1-10,12,14-15H,11,13H2/b25-15-. The van der Waals surface area contributed by atoms with Crippen molar-refractivity contribution < 1.29 is 9.53 Å². The first kappa shape index (κ1) is 17.7. The lowest BCUT2D eigenvalue weighted by Gasteiger charge is -2.25. The maximum Gasteiger partial charge on any atom is 0.221 e. The molecule has 0 amide bonds. The molecular weight excluding hydrogens is 402 g/mol. The molecular formula is C23H17BrNO2. The number of aryl methyl sites for hydroxylation is 1. The summed E-state index contributed by atoms with van der Waals surface area (Å²) in [5, 5.41) is 12.9. The summed E-state index contributed by atoms with van der Waals surface area (Å²) in [5.74, 6) is 0.691. The number of ketones is 1. The van der Waals surface area contributed by atoms with Crippen molar-refractivity contribution in [2.45, 2.75) is 12.8 Å². The maximum atomic E-state index is 12.9. The number of carbonyl (C=O) groups excluding carboxylic acids is 1. The Bertz CT molecular complexity index is 1030. The summed E-state index contributed by atoms with van der Waals surface area (Å²) in [6.07, 6.45) is 2.72. The molecule has 0 spiro atoms. The average molecular weight is 419 g/mol. The lowest BCUT2D eigenvalue weighted by molar-refractivity contribution is -0.354. The van der Waals surface area contributed by atoms with Gasteiger partial charge in [-0.2, -0.15) is 4.74 Å². The Kier molecular flexibility index (Phi) is 4.90. The number of Topliss-reactive ketones (excluding diaryl/α,β-unsaturated/α-hetero) is 1. The molecule has 1 aliphatic rings. The summed E-state index contributed by atoms with van der Waals surface area (Å²) in [5.41, 5.74) is 3.99.